The molecule has 636 valence electrons. The third-order valence-corrected chi connectivity index (χ3v) is 32.9. The summed E-state index contributed by atoms with van der Waals surface area (Å²) in [5, 5.41) is 0. The Hall–Kier alpha value is -9.34. The Labute approximate surface area is 828 Å². The summed E-state index contributed by atoms with van der Waals surface area (Å²) in [5.74, 6) is 0. The Balaban J connectivity index is 0.000000112. The van der Waals surface area contributed by atoms with Crippen LogP contribution in [-0.2, 0) is 54.1 Å². The molecule has 0 amide bonds. The van der Waals surface area contributed by atoms with E-state index in [9.17, 15) is 0 Å². The van der Waals surface area contributed by atoms with Crippen LogP contribution >= 0.6 is 31.9 Å². The number of anilines is 3. The van der Waals surface area contributed by atoms with Crippen molar-refractivity contribution in [1.82, 2.24) is 0 Å². The van der Waals surface area contributed by atoms with Gasteiger partial charge in [-0.3, -0.25) is 0 Å². The number of rotatable bonds is 0. The maximum atomic E-state index is 6.09. The molecule has 15 aromatic rings. The number of halogens is 2. The number of nitrogens with two attached hydrogens (primary N) is 3. The van der Waals surface area contributed by atoms with Crippen molar-refractivity contribution in [1.29, 1.82) is 0 Å². The summed E-state index contributed by atoms with van der Waals surface area (Å²) in [5.41, 5.74) is 77.2. The fraction of sp³-hybridized carbons (Fsp3) is 0.246. The first-order chi connectivity index (χ1) is 59.1. The molecule has 15 aromatic carbocycles. The molecule has 25 rings (SSSR count). The minimum atomic E-state index is -0.0171. The van der Waals surface area contributed by atoms with Crippen molar-refractivity contribution in [2.45, 2.75) is 193 Å². The molecule has 0 atom stereocenters. The molecule has 3 nitrogen and oxygen atoms in total. The number of hydrogen-bond acceptors (Lipinski definition) is 3. The number of fused-ring (bicyclic) bond motifs is 30. The molecular formula is C122H117Br2N3Na2. The second kappa shape index (κ2) is 30.9. The predicted molar refractivity (Wildman–Crippen MR) is 549 cm³/mol. The van der Waals surface area contributed by atoms with Crippen LogP contribution in [0.3, 0.4) is 0 Å². The third kappa shape index (κ3) is 13.1. The Bertz CT molecular complexity index is 6290. The molecule has 0 aromatic heterocycles. The summed E-state index contributed by atoms with van der Waals surface area (Å²) in [6.45, 7) is 46.8. The van der Waals surface area contributed by atoms with E-state index >= 15 is 0 Å². The van der Waals surface area contributed by atoms with Crippen molar-refractivity contribution < 1.29 is 59.1 Å². The molecule has 129 heavy (non-hydrogen) atoms. The molecule has 0 spiro atoms. The number of benzene rings is 15. The van der Waals surface area contributed by atoms with Gasteiger partial charge in [0.2, 0.25) is 0 Å². The average Bonchev–Trinajstić information content (AvgIpc) is 1.56. The van der Waals surface area contributed by atoms with Gasteiger partial charge in [-0.15, -0.1) is 0 Å². The van der Waals surface area contributed by atoms with Gasteiger partial charge < -0.3 is 32.1 Å². The topological polar surface area (TPSA) is 78.1 Å². The van der Waals surface area contributed by atoms with Crippen LogP contribution in [0.4, 0.5) is 17.1 Å². The molecule has 10 aliphatic rings. The van der Waals surface area contributed by atoms with E-state index in [0.29, 0.717) is 0 Å². The Kier molecular flexibility index (Phi) is 21.9. The first kappa shape index (κ1) is 91.5. The second-order valence-electron chi connectivity index (χ2n) is 42.5. The van der Waals surface area contributed by atoms with E-state index in [2.05, 4.69) is 425 Å². The molecule has 10 aliphatic carbocycles. The first-order valence-electron chi connectivity index (χ1n) is 44.8. The molecule has 0 aliphatic heterocycles. The average molecular weight is 1830 g/mol. The zero-order valence-electron chi connectivity index (χ0n) is 80.0. The minimum absolute atomic E-state index is 0. The van der Waals surface area contributed by atoms with Crippen LogP contribution in [-0.4, -0.2) is 0 Å². The van der Waals surface area contributed by atoms with Crippen LogP contribution in [0.25, 0.3) is 111 Å². The molecule has 0 saturated heterocycles. The van der Waals surface area contributed by atoms with Crippen LogP contribution in [0, 0.1) is 14.9 Å². The maximum Gasteiger partial charge on any atom is 1.00 e. The predicted octanol–water partition coefficient (Wildman–Crippen LogP) is 26.7. The summed E-state index contributed by atoms with van der Waals surface area (Å²) in [6.07, 6.45) is 0. The third-order valence-electron chi connectivity index (χ3n) is 31.9. The standard InChI is InChI=1S/2C24H21Br.3C24H23N.2CH3.2Na/c5*1-23(2)19-8-6-5-7-15(19)17-12-22-18(13-21(17)23)16-10-9-14(25)11-20(16)24(22,3)4;;;;/h2*5-13H,1-4H3;3*5-13H,25H2,1-4H3;2*1H3;;/q;;;;;2*-1;2*+1. The van der Waals surface area contributed by atoms with Crippen LogP contribution < -0.4 is 76.3 Å². The molecule has 0 saturated carbocycles. The van der Waals surface area contributed by atoms with E-state index in [0.717, 1.165) is 26.0 Å². The smallest absolute Gasteiger partial charge is 0.399 e. The largest absolute Gasteiger partial charge is 1.00 e. The van der Waals surface area contributed by atoms with Gasteiger partial charge >= 0.3 is 59.1 Å². The van der Waals surface area contributed by atoms with Gasteiger partial charge in [0, 0.05) is 80.2 Å². The van der Waals surface area contributed by atoms with E-state index in [4.69, 9.17) is 17.2 Å². The molecular weight excluding hydrogens is 1710 g/mol. The van der Waals surface area contributed by atoms with Crippen LogP contribution in [0.1, 0.15) is 250 Å². The van der Waals surface area contributed by atoms with Crippen molar-refractivity contribution in [3.05, 3.63) is 408 Å². The van der Waals surface area contributed by atoms with Gasteiger partial charge in [-0.2, -0.15) is 0 Å². The van der Waals surface area contributed by atoms with Gasteiger partial charge in [-0.1, -0.05) is 322 Å². The van der Waals surface area contributed by atoms with Gasteiger partial charge in [0.15, 0.2) is 0 Å². The minimum Gasteiger partial charge on any atom is -0.399 e. The second-order valence-corrected chi connectivity index (χ2v) is 44.3. The summed E-state index contributed by atoms with van der Waals surface area (Å²) < 4.78 is 2.32. The summed E-state index contributed by atoms with van der Waals surface area (Å²) in [4.78, 5) is 0. The van der Waals surface area contributed by atoms with Crippen molar-refractivity contribution in [3.8, 4) is 111 Å². The molecule has 0 heterocycles. The Morgan fingerprint density at radius 1 is 0.147 bits per heavy atom. The summed E-state index contributed by atoms with van der Waals surface area (Å²) in [6, 6.07) is 101. The van der Waals surface area contributed by atoms with Crippen molar-refractivity contribution >= 4 is 48.9 Å². The van der Waals surface area contributed by atoms with Crippen molar-refractivity contribution in [2.75, 3.05) is 17.2 Å². The van der Waals surface area contributed by atoms with E-state index in [1.165, 1.54) is 223 Å². The fourth-order valence-electron chi connectivity index (χ4n) is 24.6. The van der Waals surface area contributed by atoms with Crippen molar-refractivity contribution in [3.63, 3.8) is 0 Å². The molecule has 6 N–H and O–H groups in total. The van der Waals surface area contributed by atoms with Crippen LogP contribution in [0.2, 0.25) is 0 Å². The molecule has 0 fully saturated rings. The quantitative estimate of drug-likeness (QED) is 0.0804. The van der Waals surface area contributed by atoms with Crippen LogP contribution in [0.5, 0.6) is 0 Å². The van der Waals surface area contributed by atoms with Crippen molar-refractivity contribution in [2.24, 2.45) is 0 Å². The molecule has 0 bridgehead atoms. The van der Waals surface area contributed by atoms with Gasteiger partial charge in [0.05, 0.1) is 0 Å². The summed E-state index contributed by atoms with van der Waals surface area (Å²) >= 11 is 7.31. The summed E-state index contributed by atoms with van der Waals surface area (Å²) in [7, 11) is 0. The van der Waals surface area contributed by atoms with Gasteiger partial charge in [-0.05, 0) is 344 Å². The zero-order chi connectivity index (χ0) is 87.8. The SMILES string of the molecule is CC1(C)c2ccccc2-c2cc3c(cc21)-c1ccc(Br)cc1C3(C)C.CC1(C)c2ccccc2-c2cc3c(cc21)-c1ccc(Br)cc1C3(C)C.CC1(C)c2ccccc2-c2cc3c(cc21)-c1ccc(N)cc1C3(C)C.CC1(C)c2ccccc2-c2cc3c(cc21)-c1ccc(N)cc1C3(C)C.CC1(C)c2ccccc2-c2cc3c(cc21)-c1ccc(N)cc1C3(C)C.[CH3-].[CH3-].[Na+].[Na+]. The molecule has 0 radical (unpaired) electrons. The van der Waals surface area contributed by atoms with Crippen LogP contribution in [0.15, 0.2) is 282 Å². The fourth-order valence-corrected chi connectivity index (χ4v) is 25.4. The van der Waals surface area contributed by atoms with E-state index < -0.39 is 0 Å². The number of hydrogen-bond donors (Lipinski definition) is 3. The monoisotopic (exact) mass is 1830 g/mol. The molecule has 0 unspecified atom stereocenters. The zero-order valence-corrected chi connectivity index (χ0v) is 87.1. The normalized spacial score (nSPS) is 17.1. The Morgan fingerprint density at radius 2 is 0.271 bits per heavy atom. The van der Waals surface area contributed by atoms with Gasteiger partial charge in [0.1, 0.15) is 0 Å². The maximum absolute atomic E-state index is 6.09. The Morgan fingerprint density at radius 3 is 0.442 bits per heavy atom. The van der Waals surface area contributed by atoms with E-state index in [1.54, 1.807) is 0 Å². The van der Waals surface area contributed by atoms with E-state index in [1.807, 2.05) is 18.2 Å². The van der Waals surface area contributed by atoms with E-state index in [-0.39, 0.29) is 128 Å². The number of nitrogen functional groups attached to an aromatic ring is 3. The first-order valence-corrected chi connectivity index (χ1v) is 46.4. The molecule has 7 heteroatoms. The van der Waals surface area contributed by atoms with Gasteiger partial charge in [0.25, 0.3) is 0 Å². The van der Waals surface area contributed by atoms with Gasteiger partial charge in [-0.25, -0.2) is 0 Å².